The topological polar surface area (TPSA) is 106 Å². The molecule has 1 aliphatic rings. The van der Waals surface area contributed by atoms with Gasteiger partial charge in [-0.05, 0) is 18.9 Å². The number of fused-ring (bicyclic) bond motifs is 1. The maximum atomic E-state index is 12.8. The van der Waals surface area contributed by atoms with Crippen molar-refractivity contribution >= 4 is 44.9 Å². The van der Waals surface area contributed by atoms with Crippen molar-refractivity contribution < 1.29 is 4.74 Å². The van der Waals surface area contributed by atoms with Crippen LogP contribution in [0.25, 0.3) is 21.3 Å². The number of ether oxygens (including phenoxy) is 1. The number of thiophene rings is 1. The van der Waals surface area contributed by atoms with Crippen LogP contribution in [-0.2, 0) is 17.0 Å². The second-order valence-corrected chi connectivity index (χ2v) is 9.38. The summed E-state index contributed by atoms with van der Waals surface area (Å²) in [6.45, 7) is 1.19. The summed E-state index contributed by atoms with van der Waals surface area (Å²) in [5.41, 5.74) is 1.10. The zero-order valence-electron chi connectivity index (χ0n) is 16.3. The van der Waals surface area contributed by atoms with E-state index in [0.717, 1.165) is 30.6 Å². The van der Waals surface area contributed by atoms with E-state index in [2.05, 4.69) is 20.2 Å². The highest BCUT2D eigenvalue weighted by atomic mass is 35.5. The van der Waals surface area contributed by atoms with E-state index >= 15 is 0 Å². The zero-order valence-corrected chi connectivity index (χ0v) is 18.6. The summed E-state index contributed by atoms with van der Waals surface area (Å²) in [6.07, 6.45) is 1.96. The number of benzene rings is 1. The van der Waals surface area contributed by atoms with E-state index in [0.29, 0.717) is 38.5 Å². The maximum absolute atomic E-state index is 12.8. The lowest BCUT2D eigenvalue weighted by molar-refractivity contribution is 0.0941. The molecule has 31 heavy (non-hydrogen) atoms. The highest BCUT2D eigenvalue weighted by molar-refractivity contribution is 7.98. The molecule has 0 aliphatic carbocycles. The SMILES string of the molecule is O=c1[nH]c(CSc2n[nH]c(=O)n2CC2CCCO2)nc2scc(-c3ccccc3Cl)c12. The Morgan fingerprint density at radius 2 is 2.16 bits per heavy atom. The smallest absolute Gasteiger partial charge is 0.344 e. The van der Waals surface area contributed by atoms with Crippen LogP contribution < -0.4 is 11.2 Å². The molecule has 1 atom stereocenters. The lowest BCUT2D eigenvalue weighted by Gasteiger charge is -2.10. The second-order valence-electron chi connectivity index (χ2n) is 7.17. The number of thioether (sulfide) groups is 1. The quantitative estimate of drug-likeness (QED) is 0.412. The predicted octanol–water partition coefficient (Wildman–Crippen LogP) is 3.66. The minimum Gasteiger partial charge on any atom is -0.376 e. The van der Waals surface area contributed by atoms with Gasteiger partial charge in [-0.15, -0.1) is 16.4 Å². The second kappa shape index (κ2) is 8.62. The molecule has 0 bridgehead atoms. The average molecular weight is 476 g/mol. The van der Waals surface area contributed by atoms with Gasteiger partial charge in [0.1, 0.15) is 10.7 Å². The van der Waals surface area contributed by atoms with Crippen LogP contribution in [0.15, 0.2) is 44.4 Å². The minimum atomic E-state index is -0.266. The van der Waals surface area contributed by atoms with Crippen molar-refractivity contribution in [3.63, 3.8) is 0 Å². The molecule has 1 saturated heterocycles. The molecular formula is C20H18ClN5O3S2. The monoisotopic (exact) mass is 475 g/mol. The summed E-state index contributed by atoms with van der Waals surface area (Å²) in [4.78, 5) is 33.1. The number of aromatic amines is 2. The Balaban J connectivity index is 1.40. The molecule has 3 aromatic heterocycles. The van der Waals surface area contributed by atoms with E-state index < -0.39 is 0 Å². The summed E-state index contributed by atoms with van der Waals surface area (Å²) >= 11 is 9.06. The van der Waals surface area contributed by atoms with Crippen LogP contribution >= 0.6 is 34.7 Å². The van der Waals surface area contributed by atoms with E-state index in [1.54, 1.807) is 10.6 Å². The summed E-state index contributed by atoms with van der Waals surface area (Å²) < 4.78 is 7.21. The normalized spacial score (nSPS) is 16.4. The van der Waals surface area contributed by atoms with Gasteiger partial charge >= 0.3 is 5.69 Å². The largest absolute Gasteiger partial charge is 0.376 e. The number of nitrogens with one attached hydrogen (secondary N) is 2. The molecular weight excluding hydrogens is 458 g/mol. The number of hydrogen-bond donors (Lipinski definition) is 2. The van der Waals surface area contributed by atoms with Gasteiger partial charge < -0.3 is 9.72 Å². The fourth-order valence-electron chi connectivity index (χ4n) is 3.64. The molecule has 1 unspecified atom stereocenters. The molecule has 0 amide bonds. The molecule has 0 radical (unpaired) electrons. The van der Waals surface area contributed by atoms with Crippen molar-refractivity contribution in [1.82, 2.24) is 24.7 Å². The van der Waals surface area contributed by atoms with Gasteiger partial charge in [-0.1, -0.05) is 41.6 Å². The molecule has 4 aromatic rings. The molecule has 160 valence electrons. The minimum absolute atomic E-state index is 0.0262. The van der Waals surface area contributed by atoms with Gasteiger partial charge in [-0.3, -0.25) is 9.36 Å². The van der Waals surface area contributed by atoms with Crippen molar-refractivity contribution in [3.05, 3.63) is 61.3 Å². The lowest BCUT2D eigenvalue weighted by atomic mass is 10.1. The van der Waals surface area contributed by atoms with E-state index in [9.17, 15) is 9.59 Å². The van der Waals surface area contributed by atoms with Gasteiger partial charge in [0.05, 0.1) is 23.8 Å². The van der Waals surface area contributed by atoms with E-state index in [1.807, 2.05) is 23.6 Å². The molecule has 0 spiro atoms. The Morgan fingerprint density at radius 1 is 1.29 bits per heavy atom. The summed E-state index contributed by atoms with van der Waals surface area (Å²) in [6, 6.07) is 7.42. The number of aromatic nitrogens is 5. The standard InChI is InChI=1S/C20H18ClN5O3S2/c21-14-6-2-1-5-12(14)13-9-30-18-16(13)17(27)22-15(23-18)10-31-20-25-24-19(28)26(20)8-11-4-3-7-29-11/h1-2,5-6,9,11H,3-4,7-8,10H2,(H,24,28)(H,22,23,27). The molecule has 0 saturated carbocycles. The highest BCUT2D eigenvalue weighted by Gasteiger charge is 2.20. The van der Waals surface area contributed by atoms with Crippen LogP contribution in [0.3, 0.4) is 0 Å². The first kappa shape index (κ1) is 20.5. The van der Waals surface area contributed by atoms with E-state index in [4.69, 9.17) is 16.3 Å². The number of rotatable bonds is 6. The van der Waals surface area contributed by atoms with E-state index in [1.165, 1.54) is 23.1 Å². The van der Waals surface area contributed by atoms with Gasteiger partial charge in [0, 0.05) is 28.1 Å². The first-order chi connectivity index (χ1) is 15.1. The molecule has 2 N–H and O–H groups in total. The van der Waals surface area contributed by atoms with Crippen molar-refractivity contribution in [3.8, 4) is 11.1 Å². The Morgan fingerprint density at radius 3 is 2.97 bits per heavy atom. The number of hydrogen-bond acceptors (Lipinski definition) is 7. The van der Waals surface area contributed by atoms with Crippen molar-refractivity contribution in [2.24, 2.45) is 0 Å². The first-order valence-corrected chi connectivity index (χ1v) is 12.0. The third-order valence-electron chi connectivity index (χ3n) is 5.13. The van der Waals surface area contributed by atoms with Crippen molar-refractivity contribution in [2.45, 2.75) is 36.4 Å². The Labute approximate surface area is 189 Å². The summed E-state index contributed by atoms with van der Waals surface area (Å²) in [5.74, 6) is 0.898. The van der Waals surface area contributed by atoms with Gasteiger partial charge in [0.25, 0.3) is 5.56 Å². The number of H-pyrrole nitrogens is 2. The fraction of sp³-hybridized carbons (Fsp3) is 0.300. The van der Waals surface area contributed by atoms with Gasteiger partial charge in [0.15, 0.2) is 5.16 Å². The predicted molar refractivity (Wildman–Crippen MR) is 122 cm³/mol. The molecule has 5 rings (SSSR count). The molecule has 4 heterocycles. The highest BCUT2D eigenvalue weighted by Crippen LogP contribution is 2.35. The Bertz CT molecular complexity index is 1350. The summed E-state index contributed by atoms with van der Waals surface area (Å²) in [5, 5.41) is 10.2. The van der Waals surface area contributed by atoms with Crippen molar-refractivity contribution in [2.75, 3.05) is 6.61 Å². The molecule has 8 nitrogen and oxygen atoms in total. The van der Waals surface area contributed by atoms with Crippen LogP contribution in [0.5, 0.6) is 0 Å². The number of halogens is 1. The number of nitrogens with zero attached hydrogens (tertiary/aromatic N) is 3. The fourth-order valence-corrected chi connectivity index (χ4v) is 5.66. The molecule has 1 aliphatic heterocycles. The lowest BCUT2D eigenvalue weighted by Crippen LogP contribution is -2.25. The van der Waals surface area contributed by atoms with Crippen LogP contribution in [0, 0.1) is 0 Å². The van der Waals surface area contributed by atoms with Crippen LogP contribution in [0.1, 0.15) is 18.7 Å². The molecule has 11 heteroatoms. The van der Waals surface area contributed by atoms with Crippen LogP contribution in [-0.4, -0.2) is 37.4 Å². The zero-order chi connectivity index (χ0) is 21.4. The average Bonchev–Trinajstić information content (AvgIpc) is 3.49. The van der Waals surface area contributed by atoms with Gasteiger partial charge in [-0.25, -0.2) is 14.9 Å². The van der Waals surface area contributed by atoms with Crippen molar-refractivity contribution in [1.29, 1.82) is 0 Å². The third kappa shape index (κ3) is 4.08. The first-order valence-electron chi connectivity index (χ1n) is 9.75. The summed E-state index contributed by atoms with van der Waals surface area (Å²) in [7, 11) is 0. The Kier molecular flexibility index (Phi) is 5.70. The van der Waals surface area contributed by atoms with E-state index in [-0.39, 0.29) is 17.4 Å². The maximum Gasteiger partial charge on any atom is 0.344 e. The molecule has 1 fully saturated rings. The third-order valence-corrected chi connectivity index (χ3v) is 7.32. The van der Waals surface area contributed by atoms with Crippen LogP contribution in [0.2, 0.25) is 5.02 Å². The van der Waals surface area contributed by atoms with Gasteiger partial charge in [-0.2, -0.15) is 0 Å². The Hall–Kier alpha value is -2.40. The van der Waals surface area contributed by atoms with Crippen LogP contribution in [0.4, 0.5) is 0 Å². The van der Waals surface area contributed by atoms with Gasteiger partial charge in [0.2, 0.25) is 0 Å². The molecule has 1 aromatic carbocycles.